The molecular weight excluding hydrogens is 302 g/mol. The molecule has 1 N–H and O–H groups in total. The maximum atomic E-state index is 5.59. The molecule has 0 heterocycles. The van der Waals surface area contributed by atoms with Crippen molar-refractivity contribution in [2.45, 2.75) is 44.7 Å². The summed E-state index contributed by atoms with van der Waals surface area (Å²) < 4.78 is 6.66. The van der Waals surface area contributed by atoms with Crippen molar-refractivity contribution in [3.63, 3.8) is 0 Å². The van der Waals surface area contributed by atoms with Crippen LogP contribution in [0.3, 0.4) is 0 Å². The molecule has 0 unspecified atom stereocenters. The highest BCUT2D eigenvalue weighted by Crippen LogP contribution is 2.30. The van der Waals surface area contributed by atoms with Crippen LogP contribution in [0.25, 0.3) is 0 Å². The quantitative estimate of drug-likeness (QED) is 0.831. The predicted molar refractivity (Wildman–Crippen MR) is 82.2 cm³/mol. The van der Waals surface area contributed by atoms with Gasteiger partial charge in [-0.05, 0) is 38.0 Å². The predicted octanol–water partition coefficient (Wildman–Crippen LogP) is 3.88. The van der Waals surface area contributed by atoms with Crippen LogP contribution in [0.15, 0.2) is 22.7 Å². The molecule has 102 valence electrons. The topological polar surface area (TPSA) is 21.3 Å². The van der Waals surface area contributed by atoms with E-state index >= 15 is 0 Å². The highest BCUT2D eigenvalue weighted by atomic mass is 79.9. The lowest BCUT2D eigenvalue weighted by Crippen LogP contribution is -2.38. The Morgan fingerprint density at radius 3 is 2.84 bits per heavy atom. The van der Waals surface area contributed by atoms with E-state index in [1.807, 2.05) is 12.1 Å². The molecule has 0 aliphatic heterocycles. The zero-order chi connectivity index (χ0) is 13.7. The summed E-state index contributed by atoms with van der Waals surface area (Å²) in [6, 6.07) is 6.04. The molecule has 0 radical (unpaired) electrons. The second-order valence-electron chi connectivity index (χ2n) is 5.37. The smallest absolute Gasteiger partial charge is 0.148 e. The summed E-state index contributed by atoms with van der Waals surface area (Å²) in [5, 5.41) is 3.67. The van der Waals surface area contributed by atoms with Crippen molar-refractivity contribution in [3.8, 4) is 18.1 Å². The summed E-state index contributed by atoms with van der Waals surface area (Å²) in [4.78, 5) is 0. The second-order valence-corrected chi connectivity index (χ2v) is 6.28. The number of benzene rings is 1. The van der Waals surface area contributed by atoms with E-state index in [2.05, 4.69) is 40.2 Å². The average Bonchev–Trinajstić information content (AvgIpc) is 2.83. The van der Waals surface area contributed by atoms with Gasteiger partial charge in [0.05, 0.1) is 0 Å². The van der Waals surface area contributed by atoms with Gasteiger partial charge in [-0.15, -0.1) is 6.42 Å². The minimum absolute atomic E-state index is 0.270. The SMILES string of the molecule is C#CCOc1ccc(Br)cc1CNC1(C)CCCC1. The molecule has 1 aliphatic carbocycles. The summed E-state index contributed by atoms with van der Waals surface area (Å²) in [6.45, 7) is 3.43. The number of hydrogen-bond acceptors (Lipinski definition) is 2. The van der Waals surface area contributed by atoms with E-state index in [4.69, 9.17) is 11.2 Å². The Morgan fingerprint density at radius 1 is 1.42 bits per heavy atom. The van der Waals surface area contributed by atoms with Crippen LogP contribution in [0.5, 0.6) is 5.75 Å². The second kappa shape index (κ2) is 6.45. The van der Waals surface area contributed by atoms with Gasteiger partial charge < -0.3 is 10.1 Å². The molecule has 2 rings (SSSR count). The Kier molecular flexibility index (Phi) is 4.90. The van der Waals surface area contributed by atoms with Crippen LogP contribution in [-0.4, -0.2) is 12.1 Å². The van der Waals surface area contributed by atoms with E-state index in [1.54, 1.807) is 0 Å². The number of halogens is 1. The first-order chi connectivity index (χ1) is 9.13. The van der Waals surface area contributed by atoms with Crippen molar-refractivity contribution in [1.82, 2.24) is 5.32 Å². The van der Waals surface area contributed by atoms with Crippen LogP contribution in [0, 0.1) is 12.3 Å². The van der Waals surface area contributed by atoms with Crippen molar-refractivity contribution >= 4 is 15.9 Å². The van der Waals surface area contributed by atoms with Gasteiger partial charge in [-0.25, -0.2) is 0 Å². The third-order valence-corrected chi connectivity index (χ3v) is 4.24. The molecule has 1 saturated carbocycles. The number of nitrogens with one attached hydrogen (secondary N) is 1. The van der Waals surface area contributed by atoms with Crippen LogP contribution in [-0.2, 0) is 6.54 Å². The van der Waals surface area contributed by atoms with Gasteiger partial charge in [0.1, 0.15) is 12.4 Å². The molecular formula is C16H20BrNO. The molecule has 1 aromatic carbocycles. The normalized spacial score (nSPS) is 17.1. The largest absolute Gasteiger partial charge is 0.481 e. The van der Waals surface area contributed by atoms with E-state index in [0.29, 0.717) is 6.61 Å². The summed E-state index contributed by atoms with van der Waals surface area (Å²) in [6.07, 6.45) is 10.4. The van der Waals surface area contributed by atoms with Gasteiger partial charge in [0.25, 0.3) is 0 Å². The maximum Gasteiger partial charge on any atom is 0.148 e. The van der Waals surface area contributed by atoms with Gasteiger partial charge in [-0.2, -0.15) is 0 Å². The Balaban J connectivity index is 2.05. The third-order valence-electron chi connectivity index (χ3n) is 3.75. The first kappa shape index (κ1) is 14.4. The van der Waals surface area contributed by atoms with Gasteiger partial charge in [0.2, 0.25) is 0 Å². The summed E-state index contributed by atoms with van der Waals surface area (Å²) >= 11 is 3.51. The Labute approximate surface area is 124 Å². The number of ether oxygens (including phenoxy) is 1. The minimum atomic E-state index is 0.270. The first-order valence-electron chi connectivity index (χ1n) is 6.73. The zero-order valence-corrected chi connectivity index (χ0v) is 12.9. The van der Waals surface area contributed by atoms with Gasteiger partial charge in [-0.3, -0.25) is 0 Å². The summed E-state index contributed by atoms with van der Waals surface area (Å²) in [5.41, 5.74) is 1.42. The van der Waals surface area contributed by atoms with Gasteiger partial charge in [0.15, 0.2) is 0 Å². The minimum Gasteiger partial charge on any atom is -0.481 e. The van der Waals surface area contributed by atoms with Crippen molar-refractivity contribution in [2.24, 2.45) is 0 Å². The maximum absolute atomic E-state index is 5.59. The molecule has 3 heteroatoms. The first-order valence-corrected chi connectivity index (χ1v) is 7.52. The van der Waals surface area contributed by atoms with Crippen LogP contribution >= 0.6 is 15.9 Å². The van der Waals surface area contributed by atoms with Crippen LogP contribution in [0.2, 0.25) is 0 Å². The van der Waals surface area contributed by atoms with Crippen molar-refractivity contribution in [1.29, 1.82) is 0 Å². The zero-order valence-electron chi connectivity index (χ0n) is 11.3. The number of terminal acetylenes is 1. The van der Waals surface area contributed by atoms with Crippen LogP contribution in [0.1, 0.15) is 38.2 Å². The Morgan fingerprint density at radius 2 is 2.16 bits per heavy atom. The van der Waals surface area contributed by atoms with E-state index in [9.17, 15) is 0 Å². The van der Waals surface area contributed by atoms with E-state index in [0.717, 1.165) is 22.3 Å². The van der Waals surface area contributed by atoms with Crippen molar-refractivity contribution in [2.75, 3.05) is 6.61 Å². The van der Waals surface area contributed by atoms with Gasteiger partial charge in [0, 0.05) is 22.1 Å². The molecule has 1 fully saturated rings. The molecule has 19 heavy (non-hydrogen) atoms. The summed E-state index contributed by atoms with van der Waals surface area (Å²) in [7, 11) is 0. The van der Waals surface area contributed by atoms with Crippen LogP contribution < -0.4 is 10.1 Å². The van der Waals surface area contributed by atoms with Gasteiger partial charge >= 0.3 is 0 Å². The van der Waals surface area contributed by atoms with E-state index in [1.165, 1.54) is 25.7 Å². The van der Waals surface area contributed by atoms with Crippen molar-refractivity contribution in [3.05, 3.63) is 28.2 Å². The number of hydrogen-bond donors (Lipinski definition) is 1. The lowest BCUT2D eigenvalue weighted by Gasteiger charge is -2.26. The molecule has 0 atom stereocenters. The standard InChI is InChI=1S/C16H20BrNO/c1-3-10-19-15-7-6-14(17)11-13(15)12-18-16(2)8-4-5-9-16/h1,6-7,11,18H,4-5,8-10,12H2,2H3. The highest BCUT2D eigenvalue weighted by Gasteiger charge is 2.27. The molecule has 2 nitrogen and oxygen atoms in total. The average molecular weight is 322 g/mol. The molecule has 0 aromatic heterocycles. The molecule has 1 aliphatic rings. The molecule has 0 amide bonds. The third kappa shape index (κ3) is 3.99. The molecule has 0 bridgehead atoms. The molecule has 0 saturated heterocycles. The lowest BCUT2D eigenvalue weighted by atomic mass is 10.0. The van der Waals surface area contributed by atoms with E-state index in [-0.39, 0.29) is 5.54 Å². The van der Waals surface area contributed by atoms with Crippen molar-refractivity contribution < 1.29 is 4.74 Å². The lowest BCUT2D eigenvalue weighted by molar-refractivity contribution is 0.343. The fourth-order valence-corrected chi connectivity index (χ4v) is 3.00. The molecule has 1 aromatic rings. The van der Waals surface area contributed by atoms with Gasteiger partial charge in [-0.1, -0.05) is 34.7 Å². The fourth-order valence-electron chi connectivity index (χ4n) is 2.59. The Bertz CT molecular complexity index is 472. The monoisotopic (exact) mass is 321 g/mol. The number of rotatable bonds is 5. The van der Waals surface area contributed by atoms with Crippen LogP contribution in [0.4, 0.5) is 0 Å². The fraction of sp³-hybridized carbons (Fsp3) is 0.500. The molecule has 0 spiro atoms. The highest BCUT2D eigenvalue weighted by molar-refractivity contribution is 9.10. The van der Waals surface area contributed by atoms with E-state index < -0.39 is 0 Å². The summed E-state index contributed by atoms with van der Waals surface area (Å²) in [5.74, 6) is 3.38. The Hall–Kier alpha value is -0.980.